The van der Waals surface area contributed by atoms with E-state index in [9.17, 15) is 0 Å². The summed E-state index contributed by atoms with van der Waals surface area (Å²) >= 11 is 0. The van der Waals surface area contributed by atoms with Crippen LogP contribution in [0.15, 0.2) is 42.5 Å². The standard InChI is InChI=1S/C22H22N6/c23-12-14-2-4-18-20(9-14)26-27-22(18)21-11-16-3-1-15(10-19(16)25-21)13-28-7-5-17(24)6-8-28/h1-4,9-11,17,25H,5-8,13,24H2,(H,26,27). The van der Waals surface area contributed by atoms with Crippen molar-refractivity contribution in [3.63, 3.8) is 0 Å². The summed E-state index contributed by atoms with van der Waals surface area (Å²) in [6.45, 7) is 3.09. The number of likely N-dealkylation sites (tertiary alicyclic amines) is 1. The van der Waals surface area contributed by atoms with Gasteiger partial charge in [0.25, 0.3) is 0 Å². The molecule has 0 radical (unpaired) electrons. The molecule has 0 spiro atoms. The van der Waals surface area contributed by atoms with Crippen LogP contribution in [0.25, 0.3) is 33.2 Å². The third-order valence-corrected chi connectivity index (χ3v) is 5.67. The third kappa shape index (κ3) is 3.05. The average molecular weight is 370 g/mol. The molecule has 0 atom stereocenters. The summed E-state index contributed by atoms with van der Waals surface area (Å²) in [7, 11) is 0. The van der Waals surface area contributed by atoms with Crippen LogP contribution in [0.5, 0.6) is 0 Å². The van der Waals surface area contributed by atoms with Gasteiger partial charge in [-0.15, -0.1) is 0 Å². The number of fused-ring (bicyclic) bond motifs is 2. The second kappa shape index (κ2) is 6.79. The molecular formula is C22H22N6. The molecule has 5 rings (SSSR count). The lowest BCUT2D eigenvalue weighted by Gasteiger charge is -2.30. The Labute approximate surface area is 162 Å². The van der Waals surface area contributed by atoms with Gasteiger partial charge in [-0.3, -0.25) is 10.00 Å². The Morgan fingerprint density at radius 2 is 1.96 bits per heavy atom. The number of piperidine rings is 1. The number of nitriles is 1. The first kappa shape index (κ1) is 17.0. The Bertz CT molecular complexity index is 1190. The van der Waals surface area contributed by atoms with Gasteiger partial charge < -0.3 is 10.7 Å². The minimum absolute atomic E-state index is 0.359. The number of benzene rings is 2. The zero-order chi connectivity index (χ0) is 19.1. The van der Waals surface area contributed by atoms with E-state index in [1.165, 1.54) is 10.9 Å². The topological polar surface area (TPSA) is 97.5 Å². The number of H-pyrrole nitrogens is 2. The van der Waals surface area contributed by atoms with Crippen molar-refractivity contribution in [1.29, 1.82) is 5.26 Å². The van der Waals surface area contributed by atoms with Crippen molar-refractivity contribution in [3.05, 3.63) is 53.6 Å². The zero-order valence-corrected chi connectivity index (χ0v) is 15.6. The SMILES string of the molecule is N#Cc1ccc2c(-c3cc4ccc(CN5CCC(N)CC5)cc4[nH]3)n[nH]c2c1. The summed E-state index contributed by atoms with van der Waals surface area (Å²) in [4.78, 5) is 5.99. The number of rotatable bonds is 3. The van der Waals surface area contributed by atoms with Crippen molar-refractivity contribution in [2.45, 2.75) is 25.4 Å². The van der Waals surface area contributed by atoms with Gasteiger partial charge in [-0.2, -0.15) is 10.4 Å². The molecule has 4 aromatic rings. The minimum Gasteiger partial charge on any atom is -0.353 e. The number of aromatic nitrogens is 3. The molecule has 1 fully saturated rings. The van der Waals surface area contributed by atoms with Crippen LogP contribution < -0.4 is 5.73 Å². The fourth-order valence-corrected chi connectivity index (χ4v) is 4.06. The van der Waals surface area contributed by atoms with Gasteiger partial charge >= 0.3 is 0 Å². The van der Waals surface area contributed by atoms with Gasteiger partial charge in [-0.1, -0.05) is 12.1 Å². The maximum absolute atomic E-state index is 9.07. The molecule has 28 heavy (non-hydrogen) atoms. The molecule has 0 unspecified atom stereocenters. The summed E-state index contributed by atoms with van der Waals surface area (Å²) in [5, 5.41) is 18.8. The first-order chi connectivity index (χ1) is 13.7. The molecule has 3 heterocycles. The van der Waals surface area contributed by atoms with Crippen LogP contribution in [0.3, 0.4) is 0 Å². The second-order valence-corrected chi connectivity index (χ2v) is 7.66. The fraction of sp³-hybridized carbons (Fsp3) is 0.273. The van der Waals surface area contributed by atoms with Gasteiger partial charge in [0.15, 0.2) is 0 Å². The molecule has 6 heteroatoms. The van der Waals surface area contributed by atoms with Crippen LogP contribution in [0, 0.1) is 11.3 Å². The molecule has 1 aliphatic rings. The molecule has 1 saturated heterocycles. The van der Waals surface area contributed by atoms with Crippen LogP contribution in [0.4, 0.5) is 0 Å². The highest BCUT2D eigenvalue weighted by Crippen LogP contribution is 2.29. The van der Waals surface area contributed by atoms with Gasteiger partial charge in [0.05, 0.1) is 22.8 Å². The Morgan fingerprint density at radius 3 is 2.79 bits per heavy atom. The quantitative estimate of drug-likeness (QED) is 0.514. The van der Waals surface area contributed by atoms with Crippen LogP contribution in [0.1, 0.15) is 24.0 Å². The minimum atomic E-state index is 0.359. The highest BCUT2D eigenvalue weighted by Gasteiger charge is 2.16. The summed E-state index contributed by atoms with van der Waals surface area (Å²) in [5.74, 6) is 0. The van der Waals surface area contributed by atoms with E-state index >= 15 is 0 Å². The lowest BCUT2D eigenvalue weighted by atomic mass is 10.0. The predicted molar refractivity (Wildman–Crippen MR) is 111 cm³/mol. The normalized spacial score (nSPS) is 16.0. The number of nitrogens with zero attached hydrogens (tertiary/aromatic N) is 3. The maximum atomic E-state index is 9.07. The molecule has 0 amide bonds. The van der Waals surface area contributed by atoms with Gasteiger partial charge in [-0.05, 0) is 61.8 Å². The van der Waals surface area contributed by atoms with E-state index in [1.807, 2.05) is 18.2 Å². The Balaban J connectivity index is 1.45. The summed E-state index contributed by atoms with van der Waals surface area (Å²) < 4.78 is 0. The third-order valence-electron chi connectivity index (χ3n) is 5.67. The average Bonchev–Trinajstić information content (AvgIpc) is 3.32. The van der Waals surface area contributed by atoms with Crippen LogP contribution in [-0.2, 0) is 6.54 Å². The molecule has 1 aliphatic heterocycles. The van der Waals surface area contributed by atoms with E-state index in [4.69, 9.17) is 11.0 Å². The number of hydrogen-bond donors (Lipinski definition) is 3. The first-order valence-corrected chi connectivity index (χ1v) is 9.68. The van der Waals surface area contributed by atoms with Crippen molar-refractivity contribution in [2.75, 3.05) is 13.1 Å². The highest BCUT2D eigenvalue weighted by molar-refractivity contribution is 5.96. The van der Waals surface area contributed by atoms with Gasteiger partial charge in [-0.25, -0.2) is 0 Å². The number of aromatic amines is 2. The van der Waals surface area contributed by atoms with Crippen LogP contribution in [-0.4, -0.2) is 39.2 Å². The predicted octanol–water partition coefficient (Wildman–Crippen LogP) is 3.51. The molecule has 0 saturated carbocycles. The number of nitrogens with one attached hydrogen (secondary N) is 2. The fourth-order valence-electron chi connectivity index (χ4n) is 4.06. The molecule has 2 aromatic heterocycles. The monoisotopic (exact) mass is 370 g/mol. The summed E-state index contributed by atoms with van der Waals surface area (Å²) in [5.41, 5.74) is 11.8. The van der Waals surface area contributed by atoms with E-state index in [0.29, 0.717) is 11.6 Å². The first-order valence-electron chi connectivity index (χ1n) is 9.68. The Kier molecular flexibility index (Phi) is 4.12. The van der Waals surface area contributed by atoms with Crippen molar-refractivity contribution >= 4 is 21.8 Å². The zero-order valence-electron chi connectivity index (χ0n) is 15.6. The van der Waals surface area contributed by atoms with E-state index < -0.39 is 0 Å². The molecular weight excluding hydrogens is 348 g/mol. The van der Waals surface area contributed by atoms with Crippen LogP contribution in [0.2, 0.25) is 0 Å². The van der Waals surface area contributed by atoms with E-state index in [-0.39, 0.29) is 0 Å². The number of nitrogens with two attached hydrogens (primary N) is 1. The summed E-state index contributed by atoms with van der Waals surface area (Å²) in [6.07, 6.45) is 2.16. The molecule has 140 valence electrons. The van der Waals surface area contributed by atoms with E-state index in [2.05, 4.69) is 50.4 Å². The Morgan fingerprint density at radius 1 is 1.11 bits per heavy atom. The largest absolute Gasteiger partial charge is 0.353 e. The molecule has 6 nitrogen and oxygen atoms in total. The lowest BCUT2D eigenvalue weighted by Crippen LogP contribution is -2.39. The molecule has 0 bridgehead atoms. The molecule has 0 aliphatic carbocycles. The lowest BCUT2D eigenvalue weighted by molar-refractivity contribution is 0.206. The van der Waals surface area contributed by atoms with Crippen molar-refractivity contribution < 1.29 is 0 Å². The van der Waals surface area contributed by atoms with Crippen molar-refractivity contribution in [3.8, 4) is 17.5 Å². The molecule has 4 N–H and O–H groups in total. The van der Waals surface area contributed by atoms with E-state index in [0.717, 1.165) is 60.3 Å². The maximum Gasteiger partial charge on any atom is 0.116 e. The highest BCUT2D eigenvalue weighted by atomic mass is 15.1. The summed E-state index contributed by atoms with van der Waals surface area (Å²) in [6, 6.07) is 16.9. The van der Waals surface area contributed by atoms with Crippen molar-refractivity contribution in [2.24, 2.45) is 5.73 Å². The second-order valence-electron chi connectivity index (χ2n) is 7.66. The van der Waals surface area contributed by atoms with Crippen molar-refractivity contribution in [1.82, 2.24) is 20.1 Å². The van der Waals surface area contributed by atoms with Gasteiger partial charge in [0.2, 0.25) is 0 Å². The van der Waals surface area contributed by atoms with Gasteiger partial charge in [0, 0.05) is 28.9 Å². The van der Waals surface area contributed by atoms with Crippen LogP contribution >= 0.6 is 0 Å². The smallest absolute Gasteiger partial charge is 0.116 e. The molecule has 2 aromatic carbocycles. The number of hydrogen-bond acceptors (Lipinski definition) is 4. The van der Waals surface area contributed by atoms with Gasteiger partial charge in [0.1, 0.15) is 5.69 Å². The Hall–Kier alpha value is -3.14. The van der Waals surface area contributed by atoms with E-state index in [1.54, 1.807) is 0 Å².